The van der Waals surface area contributed by atoms with Crippen molar-refractivity contribution >= 4 is 57.8 Å². The number of ether oxygens (including phenoxy) is 5. The Balaban J connectivity index is 1.61. The number of alkyl carbamates (subject to hydrolysis) is 1. The zero-order valence-corrected chi connectivity index (χ0v) is 49.0. The second-order valence-corrected chi connectivity index (χ2v) is 34.6. The zero-order valence-electron chi connectivity index (χ0n) is 46.2. The molecule has 408 valence electrons. The molecule has 6 rings (SSSR count). The topological polar surface area (TPSA) is 216 Å². The smallest absolute Gasteiger partial charge is 0.408 e. The summed E-state index contributed by atoms with van der Waals surface area (Å²) in [7, 11) is -5.65. The lowest BCUT2D eigenvalue weighted by atomic mass is 9.44. The van der Waals surface area contributed by atoms with Crippen LogP contribution in [0.2, 0.25) is 34.8 Å². The Kier molecular flexibility index (Phi) is 17.2. The van der Waals surface area contributed by atoms with E-state index >= 15 is 9.59 Å². The quantitative estimate of drug-likeness (QED) is 0.0548. The average Bonchev–Trinajstić information content (AvgIpc) is 4.04. The Morgan fingerprint density at radius 3 is 2.04 bits per heavy atom. The van der Waals surface area contributed by atoms with Crippen LogP contribution in [0.1, 0.15) is 152 Å². The molecule has 16 nitrogen and oxygen atoms in total. The summed E-state index contributed by atoms with van der Waals surface area (Å²) in [6, 6.07) is 7.37. The highest BCUT2D eigenvalue weighted by Crippen LogP contribution is 2.65. The van der Waals surface area contributed by atoms with E-state index in [1.807, 2.05) is 0 Å². The van der Waals surface area contributed by atoms with Crippen molar-refractivity contribution in [1.29, 1.82) is 0 Å². The van der Waals surface area contributed by atoms with Crippen LogP contribution >= 0.6 is 11.3 Å². The maximum absolute atomic E-state index is 16.1. The average molecular weight is 1070 g/mol. The molecule has 0 spiro atoms. The predicted molar refractivity (Wildman–Crippen MR) is 280 cm³/mol. The molecule has 0 radical (unpaired) electrons. The van der Waals surface area contributed by atoms with Gasteiger partial charge in [0.15, 0.2) is 25.8 Å². The molecule has 11 atom stereocenters. The van der Waals surface area contributed by atoms with E-state index in [0.717, 1.165) is 11.3 Å². The normalized spacial score (nSPS) is 30.1. The highest BCUT2D eigenvalue weighted by atomic mass is 32.1. The van der Waals surface area contributed by atoms with Crippen molar-refractivity contribution in [2.75, 3.05) is 6.61 Å². The first kappa shape index (κ1) is 58.6. The third-order valence-electron chi connectivity index (χ3n) is 17.3. The van der Waals surface area contributed by atoms with E-state index in [1.54, 1.807) is 78.1 Å². The Hall–Kier alpha value is -3.70. The van der Waals surface area contributed by atoms with Crippen LogP contribution in [0.3, 0.4) is 0 Å². The van der Waals surface area contributed by atoms with E-state index in [-0.39, 0.29) is 51.4 Å². The van der Waals surface area contributed by atoms with Gasteiger partial charge in [0, 0.05) is 25.2 Å². The van der Waals surface area contributed by atoms with Crippen molar-refractivity contribution in [3.63, 3.8) is 0 Å². The number of hydrogen-bond donors (Lipinski definition) is 3. The second-order valence-electron chi connectivity index (χ2n) is 23.5. The lowest BCUT2D eigenvalue weighted by molar-refractivity contribution is -0.344. The fourth-order valence-corrected chi connectivity index (χ4v) is 22.4. The third-order valence-corrected chi connectivity index (χ3v) is 28.9. The standard InChI is InChI=1S/C54H83NO15SSi2/c1-18-72(19-2,20-3)69-38-27-39-53(29-64-39,67-34(11)56)44-46(66-47(59)37-24-22-26-71-37)54(62)28-36(33(10)40(51(54,15)16)42(57)45(58)52(38,44)17)65-48(60)43(70-73(30(4)5,31(6)7)32(8)9)41(35-23-21-25-63-35)55-49(61)68-50(12,13)14/h21-26,30-32,36,38-39,41-44,46,57,62H,18-20,27-29H2,1-17H3,(H,55,61)/t36-,38-,39+,41-,42+,43+,44-,46-,52+,53-,54+/m0/s1. The molecular weight excluding hydrogens is 991 g/mol. The van der Waals surface area contributed by atoms with E-state index in [4.69, 9.17) is 37.0 Å². The van der Waals surface area contributed by atoms with Crippen LogP contribution < -0.4 is 5.32 Å². The van der Waals surface area contributed by atoms with Gasteiger partial charge in [-0.15, -0.1) is 11.3 Å². The molecule has 2 saturated carbocycles. The maximum atomic E-state index is 16.1. The van der Waals surface area contributed by atoms with Gasteiger partial charge in [-0.1, -0.05) is 82.2 Å². The Morgan fingerprint density at radius 2 is 1.56 bits per heavy atom. The van der Waals surface area contributed by atoms with Gasteiger partial charge in [0.2, 0.25) is 8.32 Å². The molecule has 1 aliphatic heterocycles. The minimum absolute atomic E-state index is 0.0468. The molecule has 3 aliphatic carbocycles. The number of thiophene rings is 1. The lowest BCUT2D eigenvalue weighted by Crippen LogP contribution is -2.82. The number of hydrogen-bond acceptors (Lipinski definition) is 16. The SMILES string of the molecule is CC[Si](CC)(CC)O[C@H]1C[C@H]2OC[C@@]2(OC(C)=O)[C@H]2[C@H](OC(=O)c3cccs3)[C@]3(O)C[C@H](OC(=O)[C@H](O[Si](C(C)C)(C(C)C)C(C)C)[C@@H](NC(=O)OC(C)(C)C)c4ccco4)C(C)=C([C@@H](O)C(=O)[C@]12C)C3(C)C. The number of fused-ring (bicyclic) bond motifs is 5. The summed E-state index contributed by atoms with van der Waals surface area (Å²) in [4.78, 5) is 73.8. The maximum Gasteiger partial charge on any atom is 0.408 e. The number of furan rings is 1. The van der Waals surface area contributed by atoms with Crippen molar-refractivity contribution < 1.29 is 71.1 Å². The van der Waals surface area contributed by atoms with E-state index in [9.17, 15) is 24.6 Å². The van der Waals surface area contributed by atoms with Crippen LogP contribution in [0.25, 0.3) is 0 Å². The van der Waals surface area contributed by atoms with Crippen molar-refractivity contribution in [1.82, 2.24) is 5.32 Å². The Bertz CT molecular complexity index is 2330. The highest BCUT2D eigenvalue weighted by Gasteiger charge is 2.78. The molecule has 2 aromatic heterocycles. The number of carbonyl (C=O) groups is 5. The molecule has 2 aromatic rings. The molecule has 1 amide bonds. The monoisotopic (exact) mass is 1070 g/mol. The largest absolute Gasteiger partial charge is 0.467 e. The summed E-state index contributed by atoms with van der Waals surface area (Å²) in [6.45, 7) is 31.4. The zero-order chi connectivity index (χ0) is 54.6. The van der Waals surface area contributed by atoms with Gasteiger partial charge in [-0.2, -0.15) is 0 Å². The van der Waals surface area contributed by atoms with Crippen LogP contribution in [0, 0.1) is 16.7 Å². The van der Waals surface area contributed by atoms with Gasteiger partial charge in [0.1, 0.15) is 52.3 Å². The third kappa shape index (κ3) is 10.2. The van der Waals surface area contributed by atoms with Gasteiger partial charge in [-0.25, -0.2) is 14.4 Å². The van der Waals surface area contributed by atoms with Gasteiger partial charge >= 0.3 is 24.0 Å². The van der Waals surface area contributed by atoms with Crippen LogP contribution in [0.4, 0.5) is 4.79 Å². The van der Waals surface area contributed by atoms with E-state index in [2.05, 4.69) is 67.6 Å². The minimum atomic E-state index is -3.05. The molecule has 2 bridgehead atoms. The number of ketones is 1. The van der Waals surface area contributed by atoms with Crippen molar-refractivity contribution in [2.45, 2.75) is 225 Å². The first-order chi connectivity index (χ1) is 33.9. The first-order valence-corrected chi connectivity index (χ1v) is 31.7. The van der Waals surface area contributed by atoms with E-state index in [1.165, 1.54) is 13.2 Å². The number of rotatable bonds is 18. The summed E-state index contributed by atoms with van der Waals surface area (Å²) >= 11 is 1.13. The molecule has 0 unspecified atom stereocenters. The van der Waals surface area contributed by atoms with Crippen molar-refractivity contribution in [3.05, 3.63) is 57.7 Å². The minimum Gasteiger partial charge on any atom is -0.467 e. The lowest BCUT2D eigenvalue weighted by Gasteiger charge is -2.68. The molecule has 4 aliphatic rings. The predicted octanol–water partition coefficient (Wildman–Crippen LogP) is 10.1. The fourth-order valence-electron chi connectivity index (χ4n) is 13.3. The summed E-state index contributed by atoms with van der Waals surface area (Å²) in [5, 5.41) is 31.8. The van der Waals surface area contributed by atoms with Crippen LogP contribution in [0.5, 0.6) is 0 Å². The van der Waals surface area contributed by atoms with Crippen LogP contribution in [0.15, 0.2) is 51.5 Å². The number of esters is 3. The van der Waals surface area contributed by atoms with E-state index < -0.39 is 129 Å². The number of carbonyl (C=O) groups excluding carboxylic acids is 5. The molecule has 19 heteroatoms. The number of aliphatic hydroxyl groups is 2. The summed E-state index contributed by atoms with van der Waals surface area (Å²) in [6.07, 6.45) is -8.13. The van der Waals surface area contributed by atoms with Crippen LogP contribution in [-0.4, -0.2) is 117 Å². The molecule has 73 heavy (non-hydrogen) atoms. The van der Waals surface area contributed by atoms with Gasteiger partial charge in [-0.3, -0.25) is 9.59 Å². The number of Topliss-reactive ketones (excluding diaryl/α,β-unsaturated/α-hetero) is 1. The highest BCUT2D eigenvalue weighted by molar-refractivity contribution is 7.12. The van der Waals surface area contributed by atoms with Gasteiger partial charge < -0.3 is 52.5 Å². The van der Waals surface area contributed by atoms with Crippen molar-refractivity contribution in [2.24, 2.45) is 16.7 Å². The number of amides is 1. The van der Waals surface area contributed by atoms with Crippen LogP contribution in [-0.2, 0) is 46.9 Å². The van der Waals surface area contributed by atoms with Gasteiger partial charge in [0.25, 0.3) is 0 Å². The molecule has 3 fully saturated rings. The molecule has 1 saturated heterocycles. The molecule has 3 N–H and O–H groups in total. The summed E-state index contributed by atoms with van der Waals surface area (Å²) < 4.78 is 52.3. The molecule has 3 heterocycles. The van der Waals surface area contributed by atoms with Gasteiger partial charge in [-0.05, 0) is 104 Å². The summed E-state index contributed by atoms with van der Waals surface area (Å²) in [5.74, 6) is -4.32. The Labute approximate surface area is 438 Å². The van der Waals surface area contributed by atoms with E-state index in [0.29, 0.717) is 18.1 Å². The Morgan fingerprint density at radius 1 is 0.945 bits per heavy atom. The fraction of sp³-hybridized carbons (Fsp3) is 0.722. The molecular formula is C54H83NO15SSi2. The van der Waals surface area contributed by atoms with Gasteiger partial charge in [0.05, 0.1) is 30.3 Å². The number of aliphatic hydroxyl groups excluding tert-OH is 1. The number of nitrogens with one attached hydrogen (secondary N) is 1. The molecule has 0 aromatic carbocycles. The second kappa shape index (κ2) is 21.4. The van der Waals surface area contributed by atoms with Crippen molar-refractivity contribution in [3.8, 4) is 0 Å². The first-order valence-electron chi connectivity index (χ1n) is 26.2. The summed E-state index contributed by atoms with van der Waals surface area (Å²) in [5.41, 5.74) is -8.04.